The molecule has 0 bridgehead atoms. The molecule has 2 unspecified atom stereocenters. The van der Waals surface area contributed by atoms with Gasteiger partial charge in [0.2, 0.25) is 5.91 Å². The van der Waals surface area contributed by atoms with E-state index in [1.165, 1.54) is 0 Å². The van der Waals surface area contributed by atoms with Crippen LogP contribution in [0.1, 0.15) is 36.4 Å². The molecule has 2 N–H and O–H groups in total. The number of hydrogen-bond acceptors (Lipinski definition) is 2. The van der Waals surface area contributed by atoms with Gasteiger partial charge in [0.1, 0.15) is 5.41 Å². The normalized spacial score (nSPS) is 20.2. The molecular formula is C22H23N3O. The van der Waals surface area contributed by atoms with Crippen LogP contribution in [0.15, 0.2) is 79.4 Å². The number of hydrogen-bond donors (Lipinski definition) is 1. The van der Waals surface area contributed by atoms with Crippen molar-refractivity contribution >= 4 is 5.91 Å². The molecule has 0 spiro atoms. The molecule has 26 heavy (non-hydrogen) atoms. The third-order valence-electron chi connectivity index (χ3n) is 5.81. The van der Waals surface area contributed by atoms with E-state index < -0.39 is 5.41 Å². The highest BCUT2D eigenvalue weighted by Crippen LogP contribution is 2.49. The average Bonchev–Trinajstić information content (AvgIpc) is 3.36. The van der Waals surface area contributed by atoms with Crippen LogP contribution in [0, 0.1) is 5.92 Å². The zero-order chi connectivity index (χ0) is 18.0. The molecule has 1 amide bonds. The Hall–Kier alpha value is -2.88. The standard InChI is InChI=1S/C22H23N3O/c23-21(26)22(17-7-3-1-4-8-17,18-9-5-2-6-10-18)19-11-12-20(15-19)25-14-13-24-16-25/h1-10,13-14,16,19-20H,11-12,15H2,(H2,23,26). The van der Waals surface area contributed by atoms with Crippen molar-refractivity contribution in [1.82, 2.24) is 9.55 Å². The second-order valence-corrected chi connectivity index (χ2v) is 7.08. The van der Waals surface area contributed by atoms with Crippen molar-refractivity contribution in [2.45, 2.75) is 30.7 Å². The summed E-state index contributed by atoms with van der Waals surface area (Å²) in [6.45, 7) is 0. The Kier molecular flexibility index (Phi) is 4.33. The van der Waals surface area contributed by atoms with E-state index in [2.05, 4.69) is 9.55 Å². The molecular weight excluding hydrogens is 322 g/mol. The predicted octanol–water partition coefficient (Wildman–Crippen LogP) is 3.70. The first-order valence-electron chi connectivity index (χ1n) is 9.11. The van der Waals surface area contributed by atoms with Gasteiger partial charge in [0.05, 0.1) is 6.33 Å². The summed E-state index contributed by atoms with van der Waals surface area (Å²) in [5.74, 6) is -0.122. The molecule has 1 fully saturated rings. The number of rotatable bonds is 5. The molecule has 3 aromatic rings. The first-order valence-corrected chi connectivity index (χ1v) is 9.11. The van der Waals surface area contributed by atoms with Crippen LogP contribution in [-0.2, 0) is 10.2 Å². The van der Waals surface area contributed by atoms with Gasteiger partial charge >= 0.3 is 0 Å². The van der Waals surface area contributed by atoms with E-state index >= 15 is 0 Å². The molecule has 1 saturated carbocycles. The lowest BCUT2D eigenvalue weighted by atomic mass is 9.64. The maximum absolute atomic E-state index is 13.0. The number of amides is 1. The Morgan fingerprint density at radius 2 is 1.62 bits per heavy atom. The summed E-state index contributed by atoms with van der Waals surface area (Å²) < 4.78 is 2.15. The van der Waals surface area contributed by atoms with Crippen molar-refractivity contribution in [1.29, 1.82) is 0 Å². The first-order chi connectivity index (χ1) is 12.7. The Bertz CT molecular complexity index is 819. The number of imidazole rings is 1. The minimum absolute atomic E-state index is 0.150. The molecule has 4 nitrogen and oxygen atoms in total. The number of benzene rings is 2. The van der Waals surface area contributed by atoms with E-state index in [9.17, 15) is 4.79 Å². The van der Waals surface area contributed by atoms with E-state index in [1.807, 2.05) is 79.4 Å². The van der Waals surface area contributed by atoms with Crippen molar-refractivity contribution in [2.24, 2.45) is 11.7 Å². The van der Waals surface area contributed by atoms with Crippen LogP contribution < -0.4 is 5.73 Å². The topological polar surface area (TPSA) is 60.9 Å². The van der Waals surface area contributed by atoms with Gasteiger partial charge in [0, 0.05) is 18.4 Å². The molecule has 2 aromatic carbocycles. The second kappa shape index (κ2) is 6.79. The lowest BCUT2D eigenvalue weighted by Crippen LogP contribution is -2.47. The van der Waals surface area contributed by atoms with Crippen molar-refractivity contribution in [2.75, 3.05) is 0 Å². The number of primary amides is 1. The maximum atomic E-state index is 13.0. The molecule has 4 rings (SSSR count). The van der Waals surface area contributed by atoms with Crippen LogP contribution in [0.5, 0.6) is 0 Å². The minimum atomic E-state index is -0.808. The molecule has 132 valence electrons. The van der Waals surface area contributed by atoms with E-state index in [4.69, 9.17) is 5.73 Å². The molecule has 4 heteroatoms. The first kappa shape index (κ1) is 16.6. The lowest BCUT2D eigenvalue weighted by molar-refractivity contribution is -0.123. The maximum Gasteiger partial charge on any atom is 0.232 e. The molecule has 0 aliphatic heterocycles. The molecule has 1 heterocycles. The van der Waals surface area contributed by atoms with Crippen molar-refractivity contribution < 1.29 is 4.79 Å². The summed E-state index contributed by atoms with van der Waals surface area (Å²) in [5, 5.41) is 0. The quantitative estimate of drug-likeness (QED) is 0.766. The van der Waals surface area contributed by atoms with E-state index in [0.29, 0.717) is 6.04 Å². The summed E-state index contributed by atoms with van der Waals surface area (Å²) in [4.78, 5) is 17.2. The van der Waals surface area contributed by atoms with Gasteiger partial charge in [0.15, 0.2) is 0 Å². The van der Waals surface area contributed by atoms with Crippen LogP contribution in [0.25, 0.3) is 0 Å². The van der Waals surface area contributed by atoms with Gasteiger partial charge < -0.3 is 10.3 Å². The molecule has 1 aliphatic rings. The van der Waals surface area contributed by atoms with Crippen molar-refractivity contribution in [3.8, 4) is 0 Å². The van der Waals surface area contributed by atoms with Gasteiger partial charge in [-0.05, 0) is 36.3 Å². The zero-order valence-electron chi connectivity index (χ0n) is 14.7. The molecule has 1 aliphatic carbocycles. The fourth-order valence-electron chi connectivity index (χ4n) is 4.63. The summed E-state index contributed by atoms with van der Waals surface area (Å²) >= 11 is 0. The monoisotopic (exact) mass is 345 g/mol. The molecule has 0 radical (unpaired) electrons. The van der Waals surface area contributed by atoms with Gasteiger partial charge in [-0.2, -0.15) is 0 Å². The van der Waals surface area contributed by atoms with Gasteiger partial charge in [-0.25, -0.2) is 4.98 Å². The largest absolute Gasteiger partial charge is 0.369 e. The van der Waals surface area contributed by atoms with E-state index in [1.54, 1.807) is 0 Å². The summed E-state index contributed by atoms with van der Waals surface area (Å²) in [6, 6.07) is 20.4. The van der Waals surface area contributed by atoms with Crippen molar-refractivity contribution in [3.63, 3.8) is 0 Å². The highest BCUT2D eigenvalue weighted by atomic mass is 16.1. The van der Waals surface area contributed by atoms with Crippen LogP contribution in [0.2, 0.25) is 0 Å². The second-order valence-electron chi connectivity index (χ2n) is 7.08. The third-order valence-corrected chi connectivity index (χ3v) is 5.81. The fraction of sp³-hybridized carbons (Fsp3) is 0.273. The van der Waals surface area contributed by atoms with Crippen molar-refractivity contribution in [3.05, 3.63) is 90.5 Å². The number of carbonyl (C=O) groups excluding carboxylic acids is 1. The SMILES string of the molecule is NC(=O)C(c1ccccc1)(c1ccccc1)C1CCC(n2ccnc2)C1. The molecule has 2 atom stereocenters. The fourth-order valence-corrected chi connectivity index (χ4v) is 4.63. The number of nitrogens with two attached hydrogens (primary N) is 1. The van der Waals surface area contributed by atoms with E-state index in [-0.39, 0.29) is 11.8 Å². The summed E-state index contributed by atoms with van der Waals surface area (Å²) in [6.07, 6.45) is 8.56. The van der Waals surface area contributed by atoms with E-state index in [0.717, 1.165) is 30.4 Å². The zero-order valence-corrected chi connectivity index (χ0v) is 14.7. The number of nitrogens with zero attached hydrogens (tertiary/aromatic N) is 2. The van der Waals surface area contributed by atoms with Crippen LogP contribution in [0.3, 0.4) is 0 Å². The third kappa shape index (κ3) is 2.62. The van der Waals surface area contributed by atoms with Gasteiger partial charge in [-0.15, -0.1) is 0 Å². The minimum Gasteiger partial charge on any atom is -0.369 e. The Balaban J connectivity index is 1.82. The summed E-state index contributed by atoms with van der Waals surface area (Å²) in [5.41, 5.74) is 7.28. The average molecular weight is 345 g/mol. The molecule has 1 aromatic heterocycles. The Morgan fingerprint density at radius 3 is 2.12 bits per heavy atom. The van der Waals surface area contributed by atoms with Crippen LogP contribution in [0.4, 0.5) is 0 Å². The van der Waals surface area contributed by atoms with Gasteiger partial charge in [0.25, 0.3) is 0 Å². The van der Waals surface area contributed by atoms with Gasteiger partial charge in [-0.3, -0.25) is 4.79 Å². The highest BCUT2D eigenvalue weighted by Gasteiger charge is 2.49. The Labute approximate surface area is 153 Å². The lowest BCUT2D eigenvalue weighted by Gasteiger charge is -2.37. The van der Waals surface area contributed by atoms with Crippen LogP contribution >= 0.6 is 0 Å². The Morgan fingerprint density at radius 1 is 1.00 bits per heavy atom. The number of carbonyl (C=O) groups is 1. The summed E-state index contributed by atoms with van der Waals surface area (Å²) in [7, 11) is 0. The highest BCUT2D eigenvalue weighted by molar-refractivity contribution is 5.91. The number of aromatic nitrogens is 2. The van der Waals surface area contributed by atoms with Crippen LogP contribution in [-0.4, -0.2) is 15.5 Å². The predicted molar refractivity (Wildman–Crippen MR) is 101 cm³/mol. The van der Waals surface area contributed by atoms with Gasteiger partial charge in [-0.1, -0.05) is 60.7 Å². The molecule has 0 saturated heterocycles. The smallest absolute Gasteiger partial charge is 0.232 e.